The van der Waals surface area contributed by atoms with Crippen molar-refractivity contribution >= 4 is 43.7 Å². The topological polar surface area (TPSA) is 42.9 Å². The number of benzene rings is 2. The van der Waals surface area contributed by atoms with Crippen LogP contribution in [0.2, 0.25) is 10.0 Å². The fourth-order valence-electron chi connectivity index (χ4n) is 3.15. The van der Waals surface area contributed by atoms with Gasteiger partial charge in [-0.25, -0.2) is 0 Å². The van der Waals surface area contributed by atoms with Gasteiger partial charge in [0, 0.05) is 0 Å². The summed E-state index contributed by atoms with van der Waals surface area (Å²) < 4.78 is 5.30. The summed E-state index contributed by atoms with van der Waals surface area (Å²) in [6.45, 7) is 0. The molecule has 0 spiro atoms. The van der Waals surface area contributed by atoms with Crippen LogP contribution in [0.15, 0.2) is 48.5 Å². The first kappa shape index (κ1) is 16.0. The molecule has 1 aliphatic rings. The third-order valence-corrected chi connectivity index (χ3v) is 6.60. The number of rotatable bonds is 2. The summed E-state index contributed by atoms with van der Waals surface area (Å²) in [5, 5.41) is 5.64. The number of nitrogens with zero attached hydrogens (tertiary/aromatic N) is 2. The Balaban J connectivity index is 1.79. The van der Waals surface area contributed by atoms with E-state index in [0.29, 0.717) is 16.5 Å². The van der Waals surface area contributed by atoms with Crippen molar-refractivity contribution in [2.75, 3.05) is 0 Å². The second-order valence-electron chi connectivity index (χ2n) is 5.78. The summed E-state index contributed by atoms with van der Waals surface area (Å²) in [6.07, 6.45) is 0.616. The molecule has 120 valence electrons. The number of ketones is 1. The van der Waals surface area contributed by atoms with Gasteiger partial charge in [-0.05, 0) is 0 Å². The molecule has 2 atom stereocenters. The van der Waals surface area contributed by atoms with Crippen molar-refractivity contribution in [3.8, 4) is 0 Å². The Morgan fingerprint density at radius 2 is 1.50 bits per heavy atom. The number of carbonyl (C=O) groups excluding carboxylic acids is 1. The summed E-state index contributed by atoms with van der Waals surface area (Å²) in [5.41, 5.74) is 2.91. The van der Waals surface area contributed by atoms with Gasteiger partial charge in [-0.2, -0.15) is 0 Å². The Kier molecular flexibility index (Phi) is 4.31. The van der Waals surface area contributed by atoms with Crippen molar-refractivity contribution in [2.45, 2.75) is 18.3 Å². The van der Waals surface area contributed by atoms with Crippen molar-refractivity contribution in [3.63, 3.8) is 0 Å². The second kappa shape index (κ2) is 6.45. The molecule has 6 heteroatoms. The van der Waals surface area contributed by atoms with Crippen LogP contribution in [0.5, 0.6) is 0 Å². The van der Waals surface area contributed by atoms with Crippen molar-refractivity contribution in [3.05, 3.63) is 79.8 Å². The Morgan fingerprint density at radius 3 is 2.12 bits per heavy atom. The molecule has 4 rings (SSSR count). The van der Waals surface area contributed by atoms with E-state index in [1.165, 1.54) is 0 Å². The van der Waals surface area contributed by atoms with Gasteiger partial charge in [-0.1, -0.05) is 0 Å². The average molecular weight is 422 g/mol. The third-order valence-electron chi connectivity index (χ3n) is 4.35. The van der Waals surface area contributed by atoms with Gasteiger partial charge >= 0.3 is 156 Å². The molecule has 1 aromatic heterocycles. The zero-order chi connectivity index (χ0) is 16.7. The van der Waals surface area contributed by atoms with Gasteiger partial charge in [0.1, 0.15) is 0 Å². The Bertz CT molecular complexity index is 890. The van der Waals surface area contributed by atoms with Gasteiger partial charge in [-0.3, -0.25) is 0 Å². The van der Waals surface area contributed by atoms with Crippen LogP contribution < -0.4 is 0 Å². The molecular formula is C18H12Cl2N2OSe. The van der Waals surface area contributed by atoms with E-state index in [1.54, 1.807) is 0 Å². The number of carbonyl (C=O) groups is 1. The monoisotopic (exact) mass is 422 g/mol. The molecule has 3 nitrogen and oxygen atoms in total. The van der Waals surface area contributed by atoms with Crippen LogP contribution in [0.25, 0.3) is 0 Å². The summed E-state index contributed by atoms with van der Waals surface area (Å²) in [7, 11) is 0. The summed E-state index contributed by atoms with van der Waals surface area (Å²) >= 11 is 11.9. The molecule has 2 aromatic carbocycles. The molecule has 1 aliphatic carbocycles. The minimum absolute atomic E-state index is 0.0970. The van der Waals surface area contributed by atoms with Gasteiger partial charge in [0.2, 0.25) is 0 Å². The van der Waals surface area contributed by atoms with Crippen LogP contribution in [0.4, 0.5) is 0 Å². The molecule has 1 heterocycles. The van der Waals surface area contributed by atoms with Gasteiger partial charge < -0.3 is 0 Å². The molecule has 24 heavy (non-hydrogen) atoms. The van der Waals surface area contributed by atoms with E-state index in [-0.39, 0.29) is 32.4 Å². The van der Waals surface area contributed by atoms with Crippen molar-refractivity contribution < 1.29 is 4.79 Å². The molecule has 0 saturated carbocycles. The van der Waals surface area contributed by atoms with E-state index in [2.05, 4.69) is 9.19 Å². The standard InChI is InChI=1S/C18H12Cl2N2OSe/c19-12-5-1-10(2-6-12)14-9-15-18(24-22-21-15)16(17(14)23)11-3-7-13(20)8-4-11/h1-8,14,16H,9H2. The molecule has 0 saturated heterocycles. The van der Waals surface area contributed by atoms with E-state index < -0.39 is 0 Å². The number of hydrogen-bond acceptors (Lipinski definition) is 3. The molecular weight excluding hydrogens is 410 g/mol. The van der Waals surface area contributed by atoms with E-state index in [9.17, 15) is 4.79 Å². The number of halogens is 2. The Labute approximate surface area is 155 Å². The van der Waals surface area contributed by atoms with E-state index in [0.717, 1.165) is 21.3 Å². The first-order chi connectivity index (χ1) is 11.6. The first-order valence-electron chi connectivity index (χ1n) is 7.49. The quantitative estimate of drug-likeness (QED) is 0.589. The fourth-order valence-corrected chi connectivity index (χ4v) is 5.11. The number of hydrogen-bond donors (Lipinski definition) is 0. The maximum atomic E-state index is 13.3. The van der Waals surface area contributed by atoms with Crippen LogP contribution in [-0.4, -0.2) is 29.7 Å². The SMILES string of the molecule is O=C1C(c2ccc(Cl)cc2)Cc2nn[se]c2C1c1ccc(Cl)cc1. The average Bonchev–Trinajstić information content (AvgIpc) is 3.04. The third kappa shape index (κ3) is 2.84. The summed E-state index contributed by atoms with van der Waals surface area (Å²) in [4.78, 5) is 13.3. The molecule has 0 N–H and O–H groups in total. The summed E-state index contributed by atoms with van der Waals surface area (Å²) in [6, 6.07) is 15.0. The van der Waals surface area contributed by atoms with Crippen LogP contribution in [0.1, 0.15) is 33.1 Å². The van der Waals surface area contributed by atoms with Crippen LogP contribution >= 0.6 is 23.2 Å². The number of aromatic nitrogens is 2. The number of Topliss-reactive ketones (excluding diaryl/α,β-unsaturated/α-hetero) is 1. The van der Waals surface area contributed by atoms with Crippen molar-refractivity contribution in [2.24, 2.45) is 0 Å². The second-order valence-corrected chi connectivity index (χ2v) is 8.30. The normalized spacial score (nSPS) is 20.0. The van der Waals surface area contributed by atoms with Crippen LogP contribution in [-0.2, 0) is 11.2 Å². The van der Waals surface area contributed by atoms with Crippen molar-refractivity contribution in [1.82, 2.24) is 9.19 Å². The fraction of sp³-hybridized carbons (Fsp3) is 0.167. The zero-order valence-corrected chi connectivity index (χ0v) is 15.7. The first-order valence-corrected chi connectivity index (χ1v) is 9.87. The molecule has 0 amide bonds. The van der Waals surface area contributed by atoms with Gasteiger partial charge in [0.05, 0.1) is 0 Å². The molecule has 0 bridgehead atoms. The molecule has 2 unspecified atom stereocenters. The van der Waals surface area contributed by atoms with Gasteiger partial charge in [0.15, 0.2) is 0 Å². The molecule has 0 radical (unpaired) electrons. The van der Waals surface area contributed by atoms with Gasteiger partial charge in [0.25, 0.3) is 0 Å². The Morgan fingerprint density at radius 1 is 0.917 bits per heavy atom. The van der Waals surface area contributed by atoms with Crippen LogP contribution in [0, 0.1) is 0 Å². The summed E-state index contributed by atoms with van der Waals surface area (Å²) in [5.74, 6) is -0.288. The predicted octanol–water partition coefficient (Wildman–Crippen LogP) is 3.88. The Hall–Kier alpha value is -1.45. The molecule has 0 aliphatic heterocycles. The van der Waals surface area contributed by atoms with Crippen LogP contribution in [0.3, 0.4) is 0 Å². The van der Waals surface area contributed by atoms with E-state index in [1.807, 2.05) is 48.5 Å². The van der Waals surface area contributed by atoms with E-state index in [4.69, 9.17) is 23.2 Å². The number of fused-ring (bicyclic) bond motifs is 1. The molecule has 3 aromatic rings. The van der Waals surface area contributed by atoms with E-state index >= 15 is 0 Å². The van der Waals surface area contributed by atoms with Crippen molar-refractivity contribution in [1.29, 1.82) is 0 Å². The van der Waals surface area contributed by atoms with Gasteiger partial charge in [-0.15, -0.1) is 0 Å². The maximum absolute atomic E-state index is 13.3. The minimum atomic E-state index is -0.276. The molecule has 0 fully saturated rings. The predicted molar refractivity (Wildman–Crippen MR) is 95.2 cm³/mol. The zero-order valence-electron chi connectivity index (χ0n) is 12.4.